The van der Waals surface area contributed by atoms with E-state index in [1.54, 1.807) is 29.2 Å². The third-order valence-electron chi connectivity index (χ3n) is 4.46. The Morgan fingerprint density at radius 3 is 2.43 bits per heavy atom. The van der Waals surface area contributed by atoms with E-state index in [0.29, 0.717) is 17.8 Å². The number of hydrogen-bond donors (Lipinski definition) is 3. The molecule has 0 bridgehead atoms. The van der Waals surface area contributed by atoms with Crippen molar-refractivity contribution in [2.75, 3.05) is 25.0 Å². The van der Waals surface area contributed by atoms with Crippen molar-refractivity contribution in [1.82, 2.24) is 15.5 Å². The molecule has 4 amide bonds. The molecule has 0 radical (unpaired) electrons. The van der Waals surface area contributed by atoms with Gasteiger partial charge in [-0.3, -0.25) is 19.2 Å². The summed E-state index contributed by atoms with van der Waals surface area (Å²) in [4.78, 5) is 49.4. The molecular formula is C20H28N4O4. The van der Waals surface area contributed by atoms with Crippen LogP contribution in [-0.4, -0.2) is 53.7 Å². The molecule has 1 aromatic rings. The fourth-order valence-corrected chi connectivity index (χ4v) is 3.08. The fraction of sp³-hybridized carbons (Fsp3) is 0.500. The van der Waals surface area contributed by atoms with Crippen molar-refractivity contribution in [2.45, 2.75) is 39.7 Å². The molecule has 1 heterocycles. The molecule has 0 aliphatic carbocycles. The van der Waals surface area contributed by atoms with Gasteiger partial charge in [-0.05, 0) is 39.0 Å². The number of nitrogens with one attached hydrogen (secondary N) is 3. The van der Waals surface area contributed by atoms with Crippen molar-refractivity contribution in [1.29, 1.82) is 0 Å². The van der Waals surface area contributed by atoms with Crippen LogP contribution in [0.25, 0.3) is 0 Å². The van der Waals surface area contributed by atoms with Crippen molar-refractivity contribution >= 4 is 29.3 Å². The van der Waals surface area contributed by atoms with Crippen LogP contribution < -0.4 is 16.0 Å². The average Bonchev–Trinajstić information content (AvgIpc) is 3.00. The van der Waals surface area contributed by atoms with Crippen LogP contribution in [0.1, 0.15) is 44.5 Å². The molecule has 8 heteroatoms. The minimum absolute atomic E-state index is 0.0139. The Kier molecular flexibility index (Phi) is 6.77. The molecule has 28 heavy (non-hydrogen) atoms. The number of carbonyl (C=O) groups excluding carboxylic acids is 4. The summed E-state index contributed by atoms with van der Waals surface area (Å²) in [5.74, 6) is -1.06. The van der Waals surface area contributed by atoms with E-state index in [1.165, 1.54) is 6.92 Å². The maximum atomic E-state index is 12.3. The van der Waals surface area contributed by atoms with Gasteiger partial charge in [0.1, 0.15) is 0 Å². The van der Waals surface area contributed by atoms with Gasteiger partial charge in [0.05, 0.1) is 5.92 Å². The number of hydrogen-bond acceptors (Lipinski definition) is 4. The maximum absolute atomic E-state index is 12.3. The van der Waals surface area contributed by atoms with E-state index < -0.39 is 0 Å². The molecule has 0 aromatic heterocycles. The van der Waals surface area contributed by atoms with Crippen molar-refractivity contribution in [3.63, 3.8) is 0 Å². The van der Waals surface area contributed by atoms with Gasteiger partial charge in [0, 0.05) is 49.8 Å². The van der Waals surface area contributed by atoms with E-state index in [-0.39, 0.29) is 54.6 Å². The number of rotatable bonds is 6. The summed E-state index contributed by atoms with van der Waals surface area (Å²) in [6.45, 7) is 8.18. The Bertz CT molecular complexity index is 770. The molecule has 3 N–H and O–H groups in total. The first-order valence-corrected chi connectivity index (χ1v) is 9.32. The first-order valence-electron chi connectivity index (χ1n) is 9.32. The predicted octanol–water partition coefficient (Wildman–Crippen LogP) is 1.14. The minimum atomic E-state index is -0.364. The third kappa shape index (κ3) is 5.80. The first kappa shape index (κ1) is 21.4. The second-order valence-corrected chi connectivity index (χ2v) is 7.89. The smallest absolute Gasteiger partial charge is 0.251 e. The largest absolute Gasteiger partial charge is 0.354 e. The van der Waals surface area contributed by atoms with E-state index >= 15 is 0 Å². The van der Waals surface area contributed by atoms with Crippen LogP contribution in [-0.2, 0) is 14.4 Å². The second kappa shape index (κ2) is 8.86. The topological polar surface area (TPSA) is 108 Å². The van der Waals surface area contributed by atoms with Crippen molar-refractivity contribution in [2.24, 2.45) is 5.92 Å². The molecule has 8 nitrogen and oxygen atoms in total. The van der Waals surface area contributed by atoms with E-state index in [9.17, 15) is 19.2 Å². The summed E-state index contributed by atoms with van der Waals surface area (Å²) in [5.41, 5.74) is 0.661. The van der Waals surface area contributed by atoms with E-state index in [1.807, 2.05) is 20.8 Å². The lowest BCUT2D eigenvalue weighted by atomic mass is 10.1. The highest BCUT2D eigenvalue weighted by Crippen LogP contribution is 2.25. The van der Waals surface area contributed by atoms with Gasteiger partial charge in [0.25, 0.3) is 5.91 Å². The molecule has 0 saturated carbocycles. The van der Waals surface area contributed by atoms with Crippen LogP contribution in [0.5, 0.6) is 0 Å². The summed E-state index contributed by atoms with van der Waals surface area (Å²) >= 11 is 0. The van der Waals surface area contributed by atoms with Crippen LogP contribution in [0.2, 0.25) is 0 Å². The van der Waals surface area contributed by atoms with Crippen molar-refractivity contribution in [3.05, 3.63) is 29.8 Å². The molecule has 1 fully saturated rings. The molecule has 152 valence electrons. The Balaban J connectivity index is 1.77. The van der Waals surface area contributed by atoms with Gasteiger partial charge in [-0.15, -0.1) is 0 Å². The van der Waals surface area contributed by atoms with Gasteiger partial charge in [-0.2, -0.15) is 0 Å². The quantitative estimate of drug-likeness (QED) is 0.635. The highest BCUT2D eigenvalue weighted by Gasteiger charge is 2.39. The summed E-state index contributed by atoms with van der Waals surface area (Å²) in [6.07, 6.45) is 0.214. The molecule has 1 aliphatic heterocycles. The summed E-state index contributed by atoms with van der Waals surface area (Å²) in [5, 5.41) is 8.12. The molecule has 1 unspecified atom stereocenters. The molecule has 1 aliphatic rings. The second-order valence-electron chi connectivity index (χ2n) is 7.89. The highest BCUT2D eigenvalue weighted by atomic mass is 16.2. The zero-order chi connectivity index (χ0) is 20.9. The van der Waals surface area contributed by atoms with Gasteiger partial charge in [-0.1, -0.05) is 6.07 Å². The predicted molar refractivity (Wildman–Crippen MR) is 106 cm³/mol. The maximum Gasteiger partial charge on any atom is 0.251 e. The van der Waals surface area contributed by atoms with Gasteiger partial charge in [-0.25, -0.2) is 0 Å². The molecule has 1 aromatic carbocycles. The summed E-state index contributed by atoms with van der Waals surface area (Å²) < 4.78 is 0. The Labute approximate surface area is 165 Å². The van der Waals surface area contributed by atoms with E-state index in [0.717, 1.165) is 0 Å². The summed E-state index contributed by atoms with van der Waals surface area (Å²) in [6, 6.07) is 6.60. The zero-order valence-corrected chi connectivity index (χ0v) is 16.8. The number of nitrogens with zero attached hydrogens (tertiary/aromatic N) is 1. The van der Waals surface area contributed by atoms with Crippen molar-refractivity contribution < 1.29 is 19.2 Å². The lowest BCUT2D eigenvalue weighted by molar-refractivity contribution is -0.132. The lowest BCUT2D eigenvalue weighted by Crippen LogP contribution is -2.43. The van der Waals surface area contributed by atoms with E-state index in [2.05, 4.69) is 16.0 Å². The Morgan fingerprint density at radius 1 is 1.14 bits per heavy atom. The highest BCUT2D eigenvalue weighted by molar-refractivity contribution is 5.96. The summed E-state index contributed by atoms with van der Waals surface area (Å²) in [7, 11) is 0. The van der Waals surface area contributed by atoms with Crippen molar-refractivity contribution in [3.8, 4) is 0 Å². The van der Waals surface area contributed by atoms with Crippen LogP contribution in [0, 0.1) is 5.92 Å². The van der Waals surface area contributed by atoms with E-state index in [4.69, 9.17) is 0 Å². The number of likely N-dealkylation sites (tertiary alicyclic amines) is 1. The standard InChI is InChI=1S/C20H28N4O4/c1-13(25)23-16-7-5-6-14(10-16)18(27)21-8-9-22-19(28)15-11-17(26)24(12-15)20(2,3)4/h5-7,10,15H,8-9,11-12H2,1-4H3,(H,21,27)(H,22,28)(H,23,25). The molecule has 0 spiro atoms. The number of anilines is 1. The first-order chi connectivity index (χ1) is 13.1. The van der Waals surface area contributed by atoms with Crippen LogP contribution >= 0.6 is 0 Å². The monoisotopic (exact) mass is 388 g/mol. The SMILES string of the molecule is CC(=O)Nc1cccc(C(=O)NCCNC(=O)C2CC(=O)N(C(C)(C)C)C2)c1. The Morgan fingerprint density at radius 2 is 1.82 bits per heavy atom. The van der Waals surface area contributed by atoms with Gasteiger partial charge in [0.15, 0.2) is 0 Å². The molecule has 1 saturated heterocycles. The Hall–Kier alpha value is -2.90. The van der Waals surface area contributed by atoms with Crippen LogP contribution in [0.3, 0.4) is 0 Å². The average molecular weight is 388 g/mol. The number of amides is 4. The zero-order valence-electron chi connectivity index (χ0n) is 16.8. The minimum Gasteiger partial charge on any atom is -0.354 e. The number of carbonyl (C=O) groups is 4. The molecule has 2 rings (SSSR count). The van der Waals surface area contributed by atoms with Crippen LogP contribution in [0.4, 0.5) is 5.69 Å². The normalized spacial score (nSPS) is 16.6. The molecular weight excluding hydrogens is 360 g/mol. The molecule has 1 atom stereocenters. The van der Waals surface area contributed by atoms with Gasteiger partial charge in [0.2, 0.25) is 17.7 Å². The number of benzene rings is 1. The van der Waals surface area contributed by atoms with Gasteiger partial charge >= 0.3 is 0 Å². The lowest BCUT2D eigenvalue weighted by Gasteiger charge is -2.31. The fourth-order valence-electron chi connectivity index (χ4n) is 3.08. The third-order valence-corrected chi connectivity index (χ3v) is 4.46. The van der Waals surface area contributed by atoms with Gasteiger partial charge < -0.3 is 20.9 Å². The van der Waals surface area contributed by atoms with Crippen LogP contribution in [0.15, 0.2) is 24.3 Å².